The largest absolute Gasteiger partial charge is 0.393 e. The van der Waals surface area contributed by atoms with Gasteiger partial charge in [0.25, 0.3) is 0 Å². The molecule has 0 spiro atoms. The standard InChI is InChI=1S/C18H21FO/c1-13-4-3-5-15(10-13)6-9-18(20)12-16-7-8-17(19)11-14(16)2/h3-5,7-8,10-11,18,20H,6,9,12H2,1-2H3. The molecule has 106 valence electrons. The molecule has 0 fully saturated rings. The fourth-order valence-corrected chi connectivity index (χ4v) is 2.45. The van der Waals surface area contributed by atoms with E-state index in [1.807, 2.05) is 13.0 Å². The van der Waals surface area contributed by atoms with Crippen LogP contribution in [-0.2, 0) is 12.8 Å². The van der Waals surface area contributed by atoms with Gasteiger partial charge in [0.2, 0.25) is 0 Å². The number of aryl methyl sites for hydroxylation is 3. The zero-order valence-corrected chi connectivity index (χ0v) is 12.1. The Labute approximate surface area is 120 Å². The summed E-state index contributed by atoms with van der Waals surface area (Å²) in [6.45, 7) is 3.95. The number of halogens is 1. The van der Waals surface area contributed by atoms with Gasteiger partial charge in [0.1, 0.15) is 5.82 Å². The van der Waals surface area contributed by atoms with Gasteiger partial charge < -0.3 is 5.11 Å². The molecule has 0 heterocycles. The first-order valence-electron chi connectivity index (χ1n) is 7.03. The molecule has 20 heavy (non-hydrogen) atoms. The van der Waals surface area contributed by atoms with Crippen LogP contribution in [0.4, 0.5) is 4.39 Å². The van der Waals surface area contributed by atoms with Crippen LogP contribution in [0, 0.1) is 19.7 Å². The molecule has 2 aromatic carbocycles. The summed E-state index contributed by atoms with van der Waals surface area (Å²) in [5.41, 5.74) is 4.41. The lowest BCUT2D eigenvalue weighted by Crippen LogP contribution is -2.12. The van der Waals surface area contributed by atoms with Gasteiger partial charge in [0.05, 0.1) is 6.10 Å². The fraction of sp³-hybridized carbons (Fsp3) is 0.333. The quantitative estimate of drug-likeness (QED) is 0.873. The number of rotatable bonds is 5. The van der Waals surface area contributed by atoms with E-state index in [0.717, 1.165) is 24.0 Å². The lowest BCUT2D eigenvalue weighted by molar-refractivity contribution is 0.165. The topological polar surface area (TPSA) is 20.2 Å². The molecule has 0 radical (unpaired) electrons. The van der Waals surface area contributed by atoms with E-state index in [1.54, 1.807) is 6.07 Å². The van der Waals surface area contributed by atoms with Crippen LogP contribution in [0.1, 0.15) is 28.7 Å². The first kappa shape index (κ1) is 14.7. The Morgan fingerprint density at radius 3 is 2.60 bits per heavy atom. The van der Waals surface area contributed by atoms with Gasteiger partial charge in [-0.1, -0.05) is 35.9 Å². The summed E-state index contributed by atoms with van der Waals surface area (Å²) in [5, 5.41) is 10.1. The van der Waals surface area contributed by atoms with Gasteiger partial charge >= 0.3 is 0 Å². The molecule has 0 amide bonds. The number of hydrogen-bond donors (Lipinski definition) is 1. The maximum absolute atomic E-state index is 13.0. The van der Waals surface area contributed by atoms with Gasteiger partial charge in [0, 0.05) is 0 Å². The average molecular weight is 272 g/mol. The highest BCUT2D eigenvalue weighted by Gasteiger charge is 2.08. The second kappa shape index (κ2) is 6.67. The maximum Gasteiger partial charge on any atom is 0.123 e. The molecule has 1 atom stereocenters. The van der Waals surface area contributed by atoms with Crippen LogP contribution in [0.5, 0.6) is 0 Å². The SMILES string of the molecule is Cc1cccc(CCC(O)Cc2ccc(F)cc2C)c1. The van der Waals surface area contributed by atoms with Crippen molar-refractivity contribution < 1.29 is 9.50 Å². The minimum absolute atomic E-state index is 0.222. The number of aliphatic hydroxyl groups is 1. The molecule has 2 heteroatoms. The number of hydrogen-bond acceptors (Lipinski definition) is 1. The summed E-state index contributed by atoms with van der Waals surface area (Å²) in [6.07, 6.45) is 1.78. The van der Waals surface area contributed by atoms with E-state index in [0.29, 0.717) is 6.42 Å². The van der Waals surface area contributed by atoms with Gasteiger partial charge in [-0.05, 0) is 61.9 Å². The average Bonchev–Trinajstić information content (AvgIpc) is 2.40. The minimum Gasteiger partial charge on any atom is -0.393 e. The van der Waals surface area contributed by atoms with Crippen LogP contribution in [-0.4, -0.2) is 11.2 Å². The van der Waals surface area contributed by atoms with Gasteiger partial charge in [-0.2, -0.15) is 0 Å². The zero-order chi connectivity index (χ0) is 14.5. The van der Waals surface area contributed by atoms with E-state index in [1.165, 1.54) is 23.3 Å². The van der Waals surface area contributed by atoms with Crippen molar-refractivity contribution in [1.82, 2.24) is 0 Å². The molecule has 1 unspecified atom stereocenters. The second-order valence-corrected chi connectivity index (χ2v) is 5.46. The van der Waals surface area contributed by atoms with Crippen LogP contribution >= 0.6 is 0 Å². The predicted molar refractivity (Wildman–Crippen MR) is 80.3 cm³/mol. The molecule has 2 rings (SSSR count). The molecule has 0 aliphatic carbocycles. The van der Waals surface area contributed by atoms with E-state index in [-0.39, 0.29) is 11.9 Å². The molecule has 0 aromatic heterocycles. The van der Waals surface area contributed by atoms with Crippen molar-refractivity contribution >= 4 is 0 Å². The van der Waals surface area contributed by atoms with Crippen molar-refractivity contribution in [2.24, 2.45) is 0 Å². The lowest BCUT2D eigenvalue weighted by atomic mass is 9.98. The van der Waals surface area contributed by atoms with Gasteiger partial charge in [0.15, 0.2) is 0 Å². The third kappa shape index (κ3) is 4.17. The Bertz CT molecular complexity index is 577. The Balaban J connectivity index is 1.90. The summed E-state index contributed by atoms with van der Waals surface area (Å²) in [4.78, 5) is 0. The van der Waals surface area contributed by atoms with E-state index in [2.05, 4.69) is 25.1 Å². The van der Waals surface area contributed by atoms with Gasteiger partial charge in [-0.25, -0.2) is 4.39 Å². The van der Waals surface area contributed by atoms with Crippen molar-refractivity contribution in [2.75, 3.05) is 0 Å². The predicted octanol–water partition coefficient (Wildman–Crippen LogP) is 3.98. The molecule has 1 N–H and O–H groups in total. The fourth-order valence-electron chi connectivity index (χ4n) is 2.45. The summed E-state index contributed by atoms with van der Waals surface area (Å²) >= 11 is 0. The molecule has 1 nitrogen and oxygen atoms in total. The number of benzene rings is 2. The molecule has 0 aliphatic heterocycles. The highest BCUT2D eigenvalue weighted by atomic mass is 19.1. The molecule has 0 saturated heterocycles. The molecule has 0 bridgehead atoms. The Morgan fingerprint density at radius 2 is 1.90 bits per heavy atom. The first-order valence-corrected chi connectivity index (χ1v) is 7.03. The molecular formula is C18H21FO. The number of aliphatic hydroxyl groups excluding tert-OH is 1. The van der Waals surface area contributed by atoms with Crippen molar-refractivity contribution in [3.05, 3.63) is 70.5 Å². The van der Waals surface area contributed by atoms with Crippen LogP contribution in [0.25, 0.3) is 0 Å². The highest BCUT2D eigenvalue weighted by molar-refractivity contribution is 5.27. The summed E-state index contributed by atoms with van der Waals surface area (Å²) in [6, 6.07) is 13.1. The van der Waals surface area contributed by atoms with E-state index in [9.17, 15) is 9.50 Å². The zero-order valence-electron chi connectivity index (χ0n) is 12.1. The van der Waals surface area contributed by atoms with Crippen molar-refractivity contribution in [1.29, 1.82) is 0 Å². The normalized spacial score (nSPS) is 12.4. The first-order chi connectivity index (χ1) is 9.54. The summed E-state index contributed by atoms with van der Waals surface area (Å²) in [5.74, 6) is -0.222. The van der Waals surface area contributed by atoms with Crippen LogP contribution in [0.3, 0.4) is 0 Å². The Morgan fingerprint density at radius 1 is 1.10 bits per heavy atom. The summed E-state index contributed by atoms with van der Waals surface area (Å²) < 4.78 is 13.0. The molecule has 2 aromatic rings. The monoisotopic (exact) mass is 272 g/mol. The lowest BCUT2D eigenvalue weighted by Gasteiger charge is -2.13. The van der Waals surface area contributed by atoms with Crippen LogP contribution in [0.15, 0.2) is 42.5 Å². The van der Waals surface area contributed by atoms with E-state index < -0.39 is 0 Å². The van der Waals surface area contributed by atoms with Gasteiger partial charge in [-0.3, -0.25) is 0 Å². The Kier molecular flexibility index (Phi) is 4.91. The van der Waals surface area contributed by atoms with Crippen LogP contribution in [0.2, 0.25) is 0 Å². The highest BCUT2D eigenvalue weighted by Crippen LogP contribution is 2.15. The van der Waals surface area contributed by atoms with Crippen molar-refractivity contribution in [3.8, 4) is 0 Å². The summed E-state index contributed by atoms with van der Waals surface area (Å²) in [7, 11) is 0. The Hall–Kier alpha value is -1.67. The second-order valence-electron chi connectivity index (χ2n) is 5.46. The van der Waals surface area contributed by atoms with Crippen molar-refractivity contribution in [3.63, 3.8) is 0 Å². The van der Waals surface area contributed by atoms with Crippen molar-refractivity contribution in [2.45, 2.75) is 39.2 Å². The van der Waals surface area contributed by atoms with E-state index >= 15 is 0 Å². The minimum atomic E-state index is -0.389. The third-order valence-electron chi connectivity index (χ3n) is 3.61. The molecular weight excluding hydrogens is 251 g/mol. The molecule has 0 aliphatic rings. The molecule has 0 saturated carbocycles. The van der Waals surface area contributed by atoms with Crippen LogP contribution < -0.4 is 0 Å². The third-order valence-corrected chi connectivity index (χ3v) is 3.61. The van der Waals surface area contributed by atoms with E-state index in [4.69, 9.17) is 0 Å². The smallest absolute Gasteiger partial charge is 0.123 e. The van der Waals surface area contributed by atoms with Gasteiger partial charge in [-0.15, -0.1) is 0 Å². The maximum atomic E-state index is 13.0.